The first-order valence-electron chi connectivity index (χ1n) is 5.06. The van der Waals surface area contributed by atoms with Crippen molar-refractivity contribution in [2.45, 2.75) is 39.2 Å². The first kappa shape index (κ1) is 10.0. The van der Waals surface area contributed by atoms with Crippen LogP contribution in [-0.4, -0.2) is 36.6 Å². The van der Waals surface area contributed by atoms with Crippen molar-refractivity contribution in [3.63, 3.8) is 0 Å². The van der Waals surface area contributed by atoms with E-state index in [1.807, 2.05) is 0 Å². The standard InChI is InChI=1S/C10H22N2/c1-10(2,3)12-8-4-6-11-7-5-9-12/h11H,4-9H2,1-3H3. The van der Waals surface area contributed by atoms with Crippen molar-refractivity contribution >= 4 is 0 Å². The molecule has 1 rings (SSSR count). The van der Waals surface area contributed by atoms with Gasteiger partial charge in [0.1, 0.15) is 0 Å². The molecule has 1 fully saturated rings. The van der Waals surface area contributed by atoms with Gasteiger partial charge in [-0.3, -0.25) is 4.90 Å². The van der Waals surface area contributed by atoms with Crippen LogP contribution in [0.3, 0.4) is 0 Å². The van der Waals surface area contributed by atoms with E-state index in [0.29, 0.717) is 5.54 Å². The summed E-state index contributed by atoms with van der Waals surface area (Å²) in [7, 11) is 0. The van der Waals surface area contributed by atoms with E-state index in [9.17, 15) is 0 Å². The number of hydrogen-bond donors (Lipinski definition) is 1. The van der Waals surface area contributed by atoms with Gasteiger partial charge < -0.3 is 5.32 Å². The fourth-order valence-corrected chi connectivity index (χ4v) is 1.70. The van der Waals surface area contributed by atoms with Crippen molar-refractivity contribution < 1.29 is 0 Å². The third kappa shape index (κ3) is 3.11. The summed E-state index contributed by atoms with van der Waals surface area (Å²) in [6.07, 6.45) is 2.58. The van der Waals surface area contributed by atoms with Gasteiger partial charge in [-0.05, 0) is 59.8 Å². The lowest BCUT2D eigenvalue weighted by Crippen LogP contribution is -2.45. The van der Waals surface area contributed by atoms with E-state index in [-0.39, 0.29) is 0 Å². The van der Waals surface area contributed by atoms with E-state index in [2.05, 4.69) is 31.0 Å². The summed E-state index contributed by atoms with van der Waals surface area (Å²) in [6.45, 7) is 11.8. The number of rotatable bonds is 0. The zero-order valence-electron chi connectivity index (χ0n) is 8.69. The van der Waals surface area contributed by atoms with Crippen LogP contribution < -0.4 is 5.32 Å². The van der Waals surface area contributed by atoms with Crippen LogP contribution in [0.4, 0.5) is 0 Å². The SMILES string of the molecule is CC(C)(C)N1CCCNCCC1. The van der Waals surface area contributed by atoms with Gasteiger partial charge in [-0.2, -0.15) is 0 Å². The van der Waals surface area contributed by atoms with Gasteiger partial charge in [0.15, 0.2) is 0 Å². The highest BCUT2D eigenvalue weighted by molar-refractivity contribution is 4.77. The van der Waals surface area contributed by atoms with E-state index in [4.69, 9.17) is 0 Å². The van der Waals surface area contributed by atoms with Crippen LogP contribution in [0, 0.1) is 0 Å². The van der Waals surface area contributed by atoms with Crippen LogP contribution in [0.2, 0.25) is 0 Å². The largest absolute Gasteiger partial charge is 0.317 e. The van der Waals surface area contributed by atoms with Crippen LogP contribution in [0.15, 0.2) is 0 Å². The van der Waals surface area contributed by atoms with Gasteiger partial charge in [0.05, 0.1) is 0 Å². The van der Waals surface area contributed by atoms with Crippen LogP contribution in [0.5, 0.6) is 0 Å². The Balaban J connectivity index is 2.40. The van der Waals surface area contributed by atoms with E-state index in [1.54, 1.807) is 0 Å². The quantitative estimate of drug-likeness (QED) is 0.592. The summed E-state index contributed by atoms with van der Waals surface area (Å²) in [6, 6.07) is 0. The molecule has 1 N–H and O–H groups in total. The maximum absolute atomic E-state index is 3.43. The number of hydrogen-bond acceptors (Lipinski definition) is 2. The Morgan fingerprint density at radius 2 is 1.50 bits per heavy atom. The van der Waals surface area contributed by atoms with Crippen molar-refractivity contribution in [1.29, 1.82) is 0 Å². The Morgan fingerprint density at radius 1 is 1.00 bits per heavy atom. The predicted octanol–water partition coefficient (Wildman–Crippen LogP) is 1.47. The molecule has 0 spiro atoms. The lowest BCUT2D eigenvalue weighted by Gasteiger charge is -2.36. The van der Waals surface area contributed by atoms with Crippen LogP contribution in [-0.2, 0) is 0 Å². The second-order valence-electron chi connectivity index (χ2n) is 4.61. The Labute approximate surface area is 76.3 Å². The van der Waals surface area contributed by atoms with Crippen molar-refractivity contribution in [2.24, 2.45) is 0 Å². The highest BCUT2D eigenvalue weighted by atomic mass is 15.2. The van der Waals surface area contributed by atoms with Gasteiger partial charge in [-0.15, -0.1) is 0 Å². The summed E-state index contributed by atoms with van der Waals surface area (Å²) >= 11 is 0. The molecule has 12 heavy (non-hydrogen) atoms. The Kier molecular flexibility index (Phi) is 3.53. The van der Waals surface area contributed by atoms with Crippen molar-refractivity contribution in [1.82, 2.24) is 10.2 Å². The molecule has 0 saturated carbocycles. The van der Waals surface area contributed by atoms with E-state index < -0.39 is 0 Å². The molecule has 0 bridgehead atoms. The summed E-state index contributed by atoms with van der Waals surface area (Å²) in [5.41, 5.74) is 0.358. The molecule has 2 nitrogen and oxygen atoms in total. The minimum absolute atomic E-state index is 0.358. The smallest absolute Gasteiger partial charge is 0.0125 e. The van der Waals surface area contributed by atoms with Crippen molar-refractivity contribution in [3.8, 4) is 0 Å². The molecular weight excluding hydrogens is 148 g/mol. The van der Waals surface area contributed by atoms with E-state index in [0.717, 1.165) is 0 Å². The fourth-order valence-electron chi connectivity index (χ4n) is 1.70. The molecule has 1 heterocycles. The fraction of sp³-hybridized carbons (Fsp3) is 1.00. The van der Waals surface area contributed by atoms with E-state index in [1.165, 1.54) is 39.0 Å². The minimum atomic E-state index is 0.358. The zero-order valence-corrected chi connectivity index (χ0v) is 8.69. The molecule has 0 aromatic heterocycles. The molecule has 0 aliphatic carbocycles. The molecule has 0 aromatic rings. The third-order valence-corrected chi connectivity index (χ3v) is 2.51. The van der Waals surface area contributed by atoms with Crippen LogP contribution in [0.1, 0.15) is 33.6 Å². The molecule has 0 amide bonds. The first-order valence-corrected chi connectivity index (χ1v) is 5.06. The molecule has 0 unspecified atom stereocenters. The molecule has 2 heteroatoms. The molecular formula is C10H22N2. The normalized spacial score (nSPS) is 23.2. The summed E-state index contributed by atoms with van der Waals surface area (Å²) in [5, 5.41) is 3.43. The van der Waals surface area contributed by atoms with Gasteiger partial charge in [0.25, 0.3) is 0 Å². The molecule has 72 valence electrons. The lowest BCUT2D eigenvalue weighted by atomic mass is 10.0. The monoisotopic (exact) mass is 170 g/mol. The minimum Gasteiger partial charge on any atom is -0.317 e. The zero-order chi connectivity index (χ0) is 9.03. The maximum Gasteiger partial charge on any atom is 0.0125 e. The lowest BCUT2D eigenvalue weighted by molar-refractivity contribution is 0.127. The van der Waals surface area contributed by atoms with Gasteiger partial charge in [-0.1, -0.05) is 0 Å². The second kappa shape index (κ2) is 4.24. The number of nitrogens with zero attached hydrogens (tertiary/aromatic N) is 1. The van der Waals surface area contributed by atoms with Gasteiger partial charge >= 0.3 is 0 Å². The van der Waals surface area contributed by atoms with Gasteiger partial charge in [0.2, 0.25) is 0 Å². The Hall–Kier alpha value is -0.0800. The average molecular weight is 170 g/mol. The van der Waals surface area contributed by atoms with Crippen LogP contribution in [0.25, 0.3) is 0 Å². The topological polar surface area (TPSA) is 15.3 Å². The van der Waals surface area contributed by atoms with Gasteiger partial charge in [0, 0.05) is 5.54 Å². The van der Waals surface area contributed by atoms with Crippen LogP contribution >= 0.6 is 0 Å². The maximum atomic E-state index is 3.43. The number of nitrogens with one attached hydrogen (secondary N) is 1. The van der Waals surface area contributed by atoms with E-state index >= 15 is 0 Å². The Bertz CT molecular complexity index is 118. The molecule has 1 aliphatic rings. The highest BCUT2D eigenvalue weighted by Crippen LogP contribution is 2.14. The predicted molar refractivity (Wildman–Crippen MR) is 53.4 cm³/mol. The molecule has 1 saturated heterocycles. The summed E-state index contributed by atoms with van der Waals surface area (Å²) < 4.78 is 0. The molecule has 0 radical (unpaired) electrons. The summed E-state index contributed by atoms with van der Waals surface area (Å²) in [5.74, 6) is 0. The second-order valence-corrected chi connectivity index (χ2v) is 4.61. The molecule has 0 atom stereocenters. The van der Waals surface area contributed by atoms with Crippen molar-refractivity contribution in [2.75, 3.05) is 26.2 Å². The third-order valence-electron chi connectivity index (χ3n) is 2.51. The molecule has 1 aliphatic heterocycles. The average Bonchev–Trinajstić information content (AvgIpc) is 1.81. The summed E-state index contributed by atoms with van der Waals surface area (Å²) in [4.78, 5) is 2.59. The first-order chi connectivity index (χ1) is 5.61. The van der Waals surface area contributed by atoms with Gasteiger partial charge in [-0.25, -0.2) is 0 Å². The Morgan fingerprint density at radius 3 is 1.92 bits per heavy atom. The highest BCUT2D eigenvalue weighted by Gasteiger charge is 2.20. The molecule has 0 aromatic carbocycles. The van der Waals surface area contributed by atoms with Crippen molar-refractivity contribution in [3.05, 3.63) is 0 Å².